The summed E-state index contributed by atoms with van der Waals surface area (Å²) in [4.78, 5) is 5.16. The van der Waals surface area contributed by atoms with Crippen LogP contribution < -0.4 is 9.47 Å². The van der Waals surface area contributed by atoms with Crippen molar-refractivity contribution in [2.45, 2.75) is 51.4 Å². The first-order valence-corrected chi connectivity index (χ1v) is 13.8. The molecule has 2 saturated heterocycles. The fraction of sp³-hybridized carbons (Fsp3) is 0.571. The van der Waals surface area contributed by atoms with Crippen molar-refractivity contribution in [1.82, 2.24) is 9.80 Å². The average molecular weight is 467 g/mol. The highest BCUT2D eigenvalue weighted by Crippen LogP contribution is 2.37. The molecule has 2 aliphatic rings. The molecule has 4 nitrogen and oxygen atoms in total. The van der Waals surface area contributed by atoms with Gasteiger partial charge in [0.05, 0.1) is 13.2 Å². The third-order valence-electron chi connectivity index (χ3n) is 7.08. The number of nitrogens with zero attached hydrogens (tertiary/aromatic N) is 2. The maximum atomic E-state index is 6.13. The lowest BCUT2D eigenvalue weighted by atomic mass is 10.1. The molecule has 2 fully saturated rings. The maximum Gasteiger partial charge on any atom is 0.120 e. The zero-order valence-corrected chi connectivity index (χ0v) is 20.7. The average Bonchev–Trinajstić information content (AvgIpc) is 3.23. The molecule has 3 aromatic rings. The van der Waals surface area contributed by atoms with Crippen molar-refractivity contribution in [2.24, 2.45) is 0 Å². The van der Waals surface area contributed by atoms with Crippen LogP contribution in [0, 0.1) is 0 Å². The Morgan fingerprint density at radius 1 is 0.606 bits per heavy atom. The molecule has 2 aliphatic heterocycles. The summed E-state index contributed by atoms with van der Waals surface area (Å²) in [5, 5.41) is 2.56. The van der Waals surface area contributed by atoms with Crippen LogP contribution >= 0.6 is 11.3 Å². The monoisotopic (exact) mass is 466 g/mol. The molecular weight excluding hydrogens is 428 g/mol. The zero-order chi connectivity index (χ0) is 22.3. The van der Waals surface area contributed by atoms with Crippen LogP contribution in [0.4, 0.5) is 0 Å². The van der Waals surface area contributed by atoms with Crippen LogP contribution in [-0.2, 0) is 0 Å². The first kappa shape index (κ1) is 22.9. The summed E-state index contributed by atoms with van der Waals surface area (Å²) in [5.74, 6) is 1.96. The second-order valence-electron chi connectivity index (χ2n) is 9.63. The molecule has 0 amide bonds. The van der Waals surface area contributed by atoms with Crippen LogP contribution in [-0.4, -0.2) is 62.3 Å². The molecule has 5 rings (SSSR count). The van der Waals surface area contributed by atoms with E-state index < -0.39 is 0 Å². The second-order valence-corrected chi connectivity index (χ2v) is 10.7. The van der Waals surface area contributed by atoms with Crippen LogP contribution in [0.1, 0.15) is 51.4 Å². The van der Waals surface area contributed by atoms with Crippen molar-refractivity contribution in [3.63, 3.8) is 0 Å². The number of thiophene rings is 1. The largest absolute Gasteiger partial charge is 0.494 e. The van der Waals surface area contributed by atoms with Gasteiger partial charge in [0.15, 0.2) is 0 Å². The Labute approximate surface area is 202 Å². The third-order valence-corrected chi connectivity index (χ3v) is 8.24. The molecular formula is C28H38N2O2S. The minimum atomic E-state index is 0.787. The van der Waals surface area contributed by atoms with Gasteiger partial charge in [0.25, 0.3) is 0 Å². The first-order valence-electron chi connectivity index (χ1n) is 13.0. The van der Waals surface area contributed by atoms with E-state index in [0.29, 0.717) is 0 Å². The van der Waals surface area contributed by atoms with Gasteiger partial charge in [-0.05, 0) is 101 Å². The summed E-state index contributed by atoms with van der Waals surface area (Å²) in [7, 11) is 0. The van der Waals surface area contributed by atoms with Crippen LogP contribution in [0.2, 0.25) is 0 Å². The predicted molar refractivity (Wildman–Crippen MR) is 140 cm³/mol. The number of hydrogen-bond acceptors (Lipinski definition) is 5. The van der Waals surface area contributed by atoms with Crippen molar-refractivity contribution < 1.29 is 9.47 Å². The third kappa shape index (κ3) is 6.20. The summed E-state index contributed by atoms with van der Waals surface area (Å²) >= 11 is 1.85. The van der Waals surface area contributed by atoms with Gasteiger partial charge in [-0.3, -0.25) is 0 Å². The molecule has 0 atom stereocenters. The Hall–Kier alpha value is -1.82. The second kappa shape index (κ2) is 11.5. The van der Waals surface area contributed by atoms with Gasteiger partial charge in [-0.25, -0.2) is 0 Å². The number of piperidine rings is 2. The van der Waals surface area contributed by atoms with Crippen molar-refractivity contribution in [1.29, 1.82) is 0 Å². The van der Waals surface area contributed by atoms with E-state index in [1.165, 1.54) is 84.9 Å². The molecule has 0 aliphatic carbocycles. The van der Waals surface area contributed by atoms with Crippen molar-refractivity contribution in [3.8, 4) is 11.5 Å². The van der Waals surface area contributed by atoms with Gasteiger partial charge < -0.3 is 19.3 Å². The van der Waals surface area contributed by atoms with Crippen LogP contribution in [0.5, 0.6) is 11.5 Å². The lowest BCUT2D eigenvalue weighted by Gasteiger charge is -2.26. The van der Waals surface area contributed by atoms with Gasteiger partial charge in [-0.15, -0.1) is 11.3 Å². The quantitative estimate of drug-likeness (QED) is 0.316. The molecule has 33 heavy (non-hydrogen) atoms. The summed E-state index contributed by atoms with van der Waals surface area (Å²) < 4.78 is 14.9. The molecule has 0 N–H and O–H groups in total. The molecule has 1 aromatic heterocycles. The first-order chi connectivity index (χ1) is 16.3. The highest BCUT2D eigenvalue weighted by molar-refractivity contribution is 7.25. The van der Waals surface area contributed by atoms with E-state index in [1.807, 2.05) is 11.3 Å². The van der Waals surface area contributed by atoms with Gasteiger partial charge in [-0.2, -0.15) is 0 Å². The minimum Gasteiger partial charge on any atom is -0.494 e. The molecule has 0 unspecified atom stereocenters. The van der Waals surface area contributed by atoms with Gasteiger partial charge in [-0.1, -0.05) is 12.8 Å². The fourth-order valence-corrected chi connectivity index (χ4v) is 6.30. The van der Waals surface area contributed by atoms with Crippen LogP contribution in [0.25, 0.3) is 20.2 Å². The van der Waals surface area contributed by atoms with Crippen molar-refractivity contribution in [3.05, 3.63) is 36.4 Å². The summed E-state index contributed by atoms with van der Waals surface area (Å²) in [6, 6.07) is 13.1. The molecule has 0 saturated carbocycles. The van der Waals surface area contributed by atoms with Crippen LogP contribution in [0.3, 0.4) is 0 Å². The molecule has 0 bridgehead atoms. The van der Waals surface area contributed by atoms with Gasteiger partial charge in [0.2, 0.25) is 0 Å². The van der Waals surface area contributed by atoms with Crippen molar-refractivity contribution in [2.75, 3.05) is 52.5 Å². The molecule has 5 heteroatoms. The molecule has 3 heterocycles. The fourth-order valence-electron chi connectivity index (χ4n) is 5.24. The Morgan fingerprint density at radius 3 is 1.52 bits per heavy atom. The summed E-state index contributed by atoms with van der Waals surface area (Å²) in [5.41, 5.74) is 0. The zero-order valence-electron chi connectivity index (χ0n) is 19.9. The standard InChI is InChI=1S/C28H38N2O2S/c1-3-13-29(14-4-1)17-7-19-31-23-9-11-27-25(21-23)26-22-24(10-12-28(26)33-27)32-20-8-18-30-15-5-2-6-16-30/h9-12,21-22H,1-8,13-20H2. The van der Waals surface area contributed by atoms with E-state index in [9.17, 15) is 0 Å². The van der Waals surface area contributed by atoms with E-state index in [0.717, 1.165) is 50.6 Å². The Bertz CT molecular complexity index is 941. The minimum absolute atomic E-state index is 0.787. The predicted octanol–water partition coefficient (Wildman–Crippen LogP) is 6.56. The highest BCUT2D eigenvalue weighted by atomic mass is 32.1. The smallest absolute Gasteiger partial charge is 0.120 e. The molecule has 178 valence electrons. The van der Waals surface area contributed by atoms with E-state index in [1.54, 1.807) is 0 Å². The maximum absolute atomic E-state index is 6.13. The van der Waals surface area contributed by atoms with Gasteiger partial charge in [0.1, 0.15) is 11.5 Å². The summed E-state index contributed by atoms with van der Waals surface area (Å²) in [6.07, 6.45) is 10.4. The van der Waals surface area contributed by atoms with E-state index in [4.69, 9.17) is 9.47 Å². The Balaban J connectivity index is 1.16. The number of ether oxygens (including phenoxy) is 2. The van der Waals surface area contributed by atoms with Gasteiger partial charge >= 0.3 is 0 Å². The lowest BCUT2D eigenvalue weighted by molar-refractivity contribution is 0.205. The molecule has 0 spiro atoms. The van der Waals surface area contributed by atoms with Crippen molar-refractivity contribution >= 4 is 31.5 Å². The van der Waals surface area contributed by atoms with Crippen LogP contribution in [0.15, 0.2) is 36.4 Å². The SMILES string of the molecule is c1cc2sc3ccc(OCCCN4CCCCC4)cc3c2cc1OCCCN1CCCCC1. The highest BCUT2D eigenvalue weighted by Gasteiger charge is 2.11. The number of fused-ring (bicyclic) bond motifs is 3. The number of likely N-dealkylation sites (tertiary alicyclic amines) is 2. The van der Waals surface area contributed by atoms with Gasteiger partial charge in [0, 0.05) is 33.3 Å². The Kier molecular flexibility index (Phi) is 8.03. The van der Waals surface area contributed by atoms with E-state index in [-0.39, 0.29) is 0 Å². The van der Waals surface area contributed by atoms with E-state index in [2.05, 4.69) is 46.2 Å². The lowest BCUT2D eigenvalue weighted by Crippen LogP contribution is -2.31. The topological polar surface area (TPSA) is 24.9 Å². The number of hydrogen-bond donors (Lipinski definition) is 0. The number of rotatable bonds is 10. The Morgan fingerprint density at radius 2 is 1.06 bits per heavy atom. The molecule has 2 aromatic carbocycles. The van der Waals surface area contributed by atoms with E-state index >= 15 is 0 Å². The normalized spacial score (nSPS) is 18.2. The molecule has 0 radical (unpaired) electrons. The summed E-state index contributed by atoms with van der Waals surface area (Å²) in [6.45, 7) is 8.92. The number of benzene rings is 2.